The van der Waals surface area contributed by atoms with Gasteiger partial charge < -0.3 is 9.47 Å². The van der Waals surface area contributed by atoms with Crippen LogP contribution in [0, 0.1) is 0 Å². The summed E-state index contributed by atoms with van der Waals surface area (Å²) in [4.78, 5) is 0. The van der Waals surface area contributed by atoms with Gasteiger partial charge in [-0.2, -0.15) is 0 Å². The molecule has 0 unspecified atom stereocenters. The van der Waals surface area contributed by atoms with Crippen LogP contribution in [0.4, 0.5) is 0 Å². The van der Waals surface area contributed by atoms with Crippen LogP contribution in [-0.4, -0.2) is 19.0 Å². The Morgan fingerprint density at radius 2 is 1.91 bits per heavy atom. The molecule has 1 heterocycles. The van der Waals surface area contributed by atoms with Crippen LogP contribution in [0.3, 0.4) is 0 Å². The van der Waals surface area contributed by atoms with Gasteiger partial charge in [0.2, 0.25) is 0 Å². The van der Waals surface area contributed by atoms with E-state index in [4.69, 9.17) is 32.7 Å². The zero-order valence-corrected chi connectivity index (χ0v) is 14.6. The van der Waals surface area contributed by atoms with Gasteiger partial charge in [-0.05, 0) is 36.6 Å². The molecule has 0 radical (unpaired) electrons. The molecule has 0 bridgehead atoms. The molecule has 1 saturated heterocycles. The molecule has 0 saturated carbocycles. The van der Waals surface area contributed by atoms with Crippen molar-refractivity contribution in [1.29, 1.82) is 0 Å². The molecule has 0 spiro atoms. The molecule has 1 aliphatic heterocycles. The Morgan fingerprint density at radius 1 is 1.14 bits per heavy atom. The third-order valence-corrected chi connectivity index (χ3v) is 4.40. The lowest BCUT2D eigenvalue weighted by Crippen LogP contribution is -2.38. The summed E-state index contributed by atoms with van der Waals surface area (Å²) in [6, 6.07) is 5.50. The van der Waals surface area contributed by atoms with Crippen molar-refractivity contribution in [1.82, 2.24) is 0 Å². The van der Waals surface area contributed by atoms with Gasteiger partial charge in [0, 0.05) is 16.5 Å². The molecule has 1 aromatic rings. The lowest BCUT2D eigenvalue weighted by atomic mass is 10.0. The van der Waals surface area contributed by atoms with E-state index < -0.39 is 5.79 Å². The average molecular weight is 343 g/mol. The maximum absolute atomic E-state index is 6.22. The maximum atomic E-state index is 6.22. The number of halogens is 2. The highest BCUT2D eigenvalue weighted by Crippen LogP contribution is 2.29. The van der Waals surface area contributed by atoms with Crippen LogP contribution in [0.25, 0.3) is 6.08 Å². The lowest BCUT2D eigenvalue weighted by Gasteiger charge is -2.35. The number of rotatable bonds is 7. The summed E-state index contributed by atoms with van der Waals surface area (Å²) in [5, 5.41) is 1.28. The number of ether oxygens (including phenoxy) is 2. The molecule has 1 fully saturated rings. The topological polar surface area (TPSA) is 18.5 Å². The minimum absolute atomic E-state index is 0.602. The van der Waals surface area contributed by atoms with E-state index >= 15 is 0 Å². The van der Waals surface area contributed by atoms with Gasteiger partial charge in [-0.15, -0.1) is 0 Å². The predicted molar refractivity (Wildman–Crippen MR) is 93.5 cm³/mol. The third kappa shape index (κ3) is 5.27. The summed E-state index contributed by atoms with van der Waals surface area (Å²) in [5.74, 6) is -0.602. The SMILES string of the molecule is CCCCCCC1(C=Cc2ccc(Cl)cc2Cl)OCCCO1. The molecule has 22 heavy (non-hydrogen) atoms. The van der Waals surface area contributed by atoms with Gasteiger partial charge in [-0.1, -0.05) is 61.5 Å². The van der Waals surface area contributed by atoms with Gasteiger partial charge in [0.15, 0.2) is 5.79 Å². The zero-order valence-electron chi connectivity index (χ0n) is 13.1. The van der Waals surface area contributed by atoms with Crippen LogP contribution in [0.15, 0.2) is 24.3 Å². The predicted octanol–water partition coefficient (Wildman–Crippen LogP) is 6.11. The first-order valence-corrected chi connectivity index (χ1v) is 8.83. The molecule has 0 atom stereocenters. The highest BCUT2D eigenvalue weighted by molar-refractivity contribution is 6.35. The first-order valence-electron chi connectivity index (χ1n) is 8.07. The van der Waals surface area contributed by atoms with Gasteiger partial charge in [-0.25, -0.2) is 0 Å². The molecule has 2 rings (SSSR count). The van der Waals surface area contributed by atoms with Gasteiger partial charge in [0.1, 0.15) is 0 Å². The summed E-state index contributed by atoms with van der Waals surface area (Å²) in [6.07, 6.45) is 10.6. The fraction of sp³-hybridized carbons (Fsp3) is 0.556. The van der Waals surface area contributed by atoms with Crippen LogP contribution in [0.1, 0.15) is 51.0 Å². The van der Waals surface area contributed by atoms with Crippen molar-refractivity contribution < 1.29 is 9.47 Å². The van der Waals surface area contributed by atoms with Crippen molar-refractivity contribution in [3.8, 4) is 0 Å². The number of unbranched alkanes of at least 4 members (excludes halogenated alkanes) is 3. The van der Waals surface area contributed by atoms with E-state index in [1.165, 1.54) is 19.3 Å². The van der Waals surface area contributed by atoms with Crippen LogP contribution < -0.4 is 0 Å². The normalized spacial score (nSPS) is 18.0. The second kappa shape index (κ2) is 8.93. The van der Waals surface area contributed by atoms with Gasteiger partial charge in [0.25, 0.3) is 0 Å². The molecule has 0 aliphatic carbocycles. The Labute approximate surface area is 143 Å². The molecule has 1 aromatic carbocycles. The van der Waals surface area contributed by atoms with Crippen LogP contribution in [0.2, 0.25) is 10.0 Å². The molecule has 0 amide bonds. The van der Waals surface area contributed by atoms with Gasteiger partial charge >= 0.3 is 0 Å². The van der Waals surface area contributed by atoms with E-state index in [0.717, 1.165) is 38.0 Å². The van der Waals surface area contributed by atoms with Crippen molar-refractivity contribution >= 4 is 29.3 Å². The summed E-state index contributed by atoms with van der Waals surface area (Å²) in [5.41, 5.74) is 0.928. The minimum atomic E-state index is -0.602. The molecule has 2 nitrogen and oxygen atoms in total. The standard InChI is InChI=1S/C18H24Cl2O2/c1-2-3-4-5-10-18(21-12-6-13-22-18)11-9-15-7-8-16(19)14-17(15)20/h7-9,11,14H,2-6,10,12-13H2,1H3. The number of hydrogen-bond donors (Lipinski definition) is 0. The Balaban J connectivity index is 2.06. The van der Waals surface area contributed by atoms with E-state index in [-0.39, 0.29) is 0 Å². The molecular weight excluding hydrogens is 319 g/mol. The molecule has 1 aliphatic rings. The summed E-state index contributed by atoms with van der Waals surface area (Å²) in [6.45, 7) is 3.70. The largest absolute Gasteiger partial charge is 0.346 e. The van der Waals surface area contributed by atoms with E-state index in [9.17, 15) is 0 Å². The quantitative estimate of drug-likeness (QED) is 0.556. The van der Waals surface area contributed by atoms with Crippen molar-refractivity contribution in [2.75, 3.05) is 13.2 Å². The number of benzene rings is 1. The van der Waals surface area contributed by atoms with Crippen LogP contribution in [0.5, 0.6) is 0 Å². The van der Waals surface area contributed by atoms with Gasteiger partial charge in [0.05, 0.1) is 13.2 Å². The summed E-state index contributed by atoms with van der Waals surface area (Å²) < 4.78 is 11.9. The Kier molecular flexibility index (Phi) is 7.23. The van der Waals surface area contributed by atoms with E-state index in [2.05, 4.69) is 6.92 Å². The van der Waals surface area contributed by atoms with E-state index in [1.807, 2.05) is 24.3 Å². The first kappa shape index (κ1) is 17.8. The van der Waals surface area contributed by atoms with Crippen LogP contribution in [-0.2, 0) is 9.47 Å². The summed E-state index contributed by atoms with van der Waals surface area (Å²) in [7, 11) is 0. The van der Waals surface area contributed by atoms with Crippen molar-refractivity contribution in [3.63, 3.8) is 0 Å². The number of hydrogen-bond acceptors (Lipinski definition) is 2. The van der Waals surface area contributed by atoms with Crippen LogP contribution >= 0.6 is 23.2 Å². The molecule has 0 N–H and O–H groups in total. The third-order valence-electron chi connectivity index (χ3n) is 3.84. The van der Waals surface area contributed by atoms with Crippen molar-refractivity contribution in [3.05, 3.63) is 39.9 Å². The van der Waals surface area contributed by atoms with Gasteiger partial charge in [-0.3, -0.25) is 0 Å². The minimum Gasteiger partial charge on any atom is -0.346 e. The lowest BCUT2D eigenvalue weighted by molar-refractivity contribution is -0.239. The Hall–Kier alpha value is -0.540. The monoisotopic (exact) mass is 342 g/mol. The molecule has 4 heteroatoms. The average Bonchev–Trinajstić information content (AvgIpc) is 2.52. The fourth-order valence-electron chi connectivity index (χ4n) is 2.57. The Bertz CT molecular complexity index is 494. The highest BCUT2D eigenvalue weighted by Gasteiger charge is 2.31. The van der Waals surface area contributed by atoms with Crippen molar-refractivity contribution in [2.45, 2.75) is 51.2 Å². The highest BCUT2D eigenvalue weighted by atomic mass is 35.5. The zero-order chi connectivity index (χ0) is 15.8. The Morgan fingerprint density at radius 3 is 2.59 bits per heavy atom. The van der Waals surface area contributed by atoms with E-state index in [0.29, 0.717) is 10.0 Å². The smallest absolute Gasteiger partial charge is 0.188 e. The molecule has 0 aromatic heterocycles. The molecule has 122 valence electrons. The maximum Gasteiger partial charge on any atom is 0.188 e. The summed E-state index contributed by atoms with van der Waals surface area (Å²) >= 11 is 12.2. The second-order valence-electron chi connectivity index (χ2n) is 5.67. The van der Waals surface area contributed by atoms with E-state index in [1.54, 1.807) is 6.07 Å². The van der Waals surface area contributed by atoms with Crippen molar-refractivity contribution in [2.24, 2.45) is 0 Å². The molecular formula is C18H24Cl2O2. The fourth-order valence-corrected chi connectivity index (χ4v) is 3.04. The first-order chi connectivity index (χ1) is 10.7. The second-order valence-corrected chi connectivity index (χ2v) is 6.52.